The monoisotopic (exact) mass is 340 g/mol. The van der Waals surface area contributed by atoms with Crippen LogP contribution in [0.15, 0.2) is 53.3 Å². The molecule has 1 aromatic heterocycles. The first kappa shape index (κ1) is 16.3. The number of benzene rings is 2. The Morgan fingerprint density at radius 2 is 1.68 bits per heavy atom. The number of aromatic nitrogens is 2. The summed E-state index contributed by atoms with van der Waals surface area (Å²) in [5.41, 5.74) is 7.51. The lowest BCUT2D eigenvalue weighted by molar-refractivity contribution is -0.384. The third-order valence-electron chi connectivity index (χ3n) is 3.97. The van der Waals surface area contributed by atoms with Crippen LogP contribution in [0.25, 0.3) is 16.9 Å². The maximum Gasteiger partial charge on any atom is 0.295 e. The minimum Gasteiger partial charge on any atom is -0.497 e. The van der Waals surface area contributed by atoms with E-state index in [4.69, 9.17) is 10.5 Å². The van der Waals surface area contributed by atoms with Crippen molar-refractivity contribution in [1.82, 2.24) is 9.36 Å². The number of non-ortho nitro benzene ring substituents is 1. The van der Waals surface area contributed by atoms with Gasteiger partial charge in [0, 0.05) is 24.7 Å². The molecule has 0 saturated carbocycles. The molecule has 8 heteroatoms. The molecule has 8 nitrogen and oxygen atoms in total. The van der Waals surface area contributed by atoms with E-state index in [-0.39, 0.29) is 16.9 Å². The van der Waals surface area contributed by atoms with Crippen LogP contribution in [0.1, 0.15) is 0 Å². The summed E-state index contributed by atoms with van der Waals surface area (Å²) in [7, 11) is 3.28. The van der Waals surface area contributed by atoms with Crippen molar-refractivity contribution < 1.29 is 9.66 Å². The van der Waals surface area contributed by atoms with E-state index < -0.39 is 4.92 Å². The van der Waals surface area contributed by atoms with Crippen molar-refractivity contribution in [3.05, 3.63) is 69.0 Å². The van der Waals surface area contributed by atoms with Gasteiger partial charge in [-0.05, 0) is 36.4 Å². The summed E-state index contributed by atoms with van der Waals surface area (Å²) in [6.45, 7) is 0. The molecule has 0 aliphatic heterocycles. The average Bonchev–Trinajstić information content (AvgIpc) is 2.84. The number of rotatable bonds is 4. The molecule has 0 atom stereocenters. The van der Waals surface area contributed by atoms with Crippen LogP contribution in [0.3, 0.4) is 0 Å². The van der Waals surface area contributed by atoms with Crippen molar-refractivity contribution in [2.24, 2.45) is 7.05 Å². The van der Waals surface area contributed by atoms with Gasteiger partial charge >= 0.3 is 0 Å². The van der Waals surface area contributed by atoms with Gasteiger partial charge < -0.3 is 10.5 Å². The van der Waals surface area contributed by atoms with Gasteiger partial charge in [-0.3, -0.25) is 19.6 Å². The normalized spacial score (nSPS) is 10.6. The standard InChI is InChI=1S/C17H16N4O4/c1-19-16(11-3-9-14(25-2)10-4-11)15(18)17(22)20(19)12-5-7-13(8-6-12)21(23)24/h3-10H,18H2,1-2H3. The number of nitro groups is 1. The molecule has 0 unspecified atom stereocenters. The van der Waals surface area contributed by atoms with Crippen molar-refractivity contribution in [2.75, 3.05) is 12.8 Å². The van der Waals surface area contributed by atoms with Crippen molar-refractivity contribution in [3.63, 3.8) is 0 Å². The average molecular weight is 340 g/mol. The first-order valence-electron chi connectivity index (χ1n) is 7.40. The second-order valence-electron chi connectivity index (χ2n) is 5.40. The Kier molecular flexibility index (Phi) is 4.02. The van der Waals surface area contributed by atoms with Gasteiger partial charge in [-0.2, -0.15) is 0 Å². The summed E-state index contributed by atoms with van der Waals surface area (Å²) < 4.78 is 8.13. The summed E-state index contributed by atoms with van der Waals surface area (Å²) in [6.07, 6.45) is 0. The lowest BCUT2D eigenvalue weighted by Gasteiger charge is -2.10. The fraction of sp³-hybridized carbons (Fsp3) is 0.118. The smallest absolute Gasteiger partial charge is 0.295 e. The molecular formula is C17H16N4O4. The maximum atomic E-state index is 12.6. The highest BCUT2D eigenvalue weighted by Gasteiger charge is 2.18. The number of hydrogen-bond acceptors (Lipinski definition) is 5. The Labute approximate surface area is 142 Å². The molecule has 1 heterocycles. The second kappa shape index (κ2) is 6.16. The molecule has 0 aliphatic rings. The lowest BCUT2D eigenvalue weighted by Crippen LogP contribution is -2.20. The molecule has 0 amide bonds. The van der Waals surface area contributed by atoms with Gasteiger partial charge in [0.25, 0.3) is 11.2 Å². The highest BCUT2D eigenvalue weighted by molar-refractivity contribution is 5.73. The van der Waals surface area contributed by atoms with Gasteiger partial charge in [-0.15, -0.1) is 0 Å². The minimum atomic E-state index is -0.491. The molecule has 128 valence electrons. The Morgan fingerprint density at radius 1 is 1.08 bits per heavy atom. The zero-order chi connectivity index (χ0) is 18.1. The number of nitrogens with zero attached hydrogens (tertiary/aromatic N) is 3. The molecule has 3 aromatic rings. The summed E-state index contributed by atoms with van der Waals surface area (Å²) >= 11 is 0. The van der Waals surface area contributed by atoms with Crippen LogP contribution in [0.2, 0.25) is 0 Å². The van der Waals surface area contributed by atoms with E-state index >= 15 is 0 Å². The largest absolute Gasteiger partial charge is 0.497 e. The molecular weight excluding hydrogens is 324 g/mol. The Morgan fingerprint density at radius 3 is 2.20 bits per heavy atom. The molecule has 25 heavy (non-hydrogen) atoms. The molecule has 0 aliphatic carbocycles. The van der Waals surface area contributed by atoms with E-state index in [0.29, 0.717) is 17.1 Å². The molecule has 2 aromatic carbocycles. The van der Waals surface area contributed by atoms with Gasteiger partial charge in [0.2, 0.25) is 0 Å². The van der Waals surface area contributed by atoms with Crippen LogP contribution in [0.4, 0.5) is 11.4 Å². The second-order valence-corrected chi connectivity index (χ2v) is 5.40. The summed E-state index contributed by atoms with van der Waals surface area (Å²) in [6, 6.07) is 12.9. The maximum absolute atomic E-state index is 12.6. The third kappa shape index (κ3) is 2.74. The number of nitrogens with two attached hydrogens (primary N) is 1. The van der Waals surface area contributed by atoms with E-state index in [0.717, 1.165) is 5.56 Å². The van der Waals surface area contributed by atoms with Crippen molar-refractivity contribution in [2.45, 2.75) is 0 Å². The number of ether oxygens (including phenoxy) is 1. The number of anilines is 1. The van der Waals surface area contributed by atoms with Gasteiger partial charge in [-0.25, -0.2) is 4.68 Å². The Hall–Kier alpha value is -3.55. The summed E-state index contributed by atoms with van der Waals surface area (Å²) in [5.74, 6) is 0.696. The predicted molar refractivity (Wildman–Crippen MR) is 94.1 cm³/mol. The summed E-state index contributed by atoms with van der Waals surface area (Å²) in [5, 5.41) is 10.8. The fourth-order valence-corrected chi connectivity index (χ4v) is 2.72. The molecule has 0 radical (unpaired) electrons. The lowest BCUT2D eigenvalue weighted by atomic mass is 10.1. The van der Waals surface area contributed by atoms with Gasteiger partial charge in [0.15, 0.2) is 0 Å². The van der Waals surface area contributed by atoms with Crippen molar-refractivity contribution in [1.29, 1.82) is 0 Å². The minimum absolute atomic E-state index is 0.0469. The van der Waals surface area contributed by atoms with E-state index in [9.17, 15) is 14.9 Å². The topological polar surface area (TPSA) is 105 Å². The van der Waals surface area contributed by atoms with Crippen LogP contribution in [-0.2, 0) is 7.05 Å². The number of methoxy groups -OCH3 is 1. The molecule has 0 bridgehead atoms. The van der Waals surface area contributed by atoms with Crippen LogP contribution in [-0.4, -0.2) is 21.4 Å². The highest BCUT2D eigenvalue weighted by atomic mass is 16.6. The van der Waals surface area contributed by atoms with E-state index in [2.05, 4.69) is 0 Å². The van der Waals surface area contributed by atoms with E-state index in [1.807, 2.05) is 12.1 Å². The number of hydrogen-bond donors (Lipinski definition) is 1. The molecule has 2 N–H and O–H groups in total. The highest BCUT2D eigenvalue weighted by Crippen LogP contribution is 2.27. The van der Waals surface area contributed by atoms with Crippen LogP contribution in [0, 0.1) is 10.1 Å². The number of nitro benzene ring substituents is 1. The molecule has 3 rings (SSSR count). The van der Waals surface area contributed by atoms with Crippen molar-refractivity contribution >= 4 is 11.4 Å². The Balaban J connectivity index is 2.13. The SMILES string of the molecule is COc1ccc(-c2c(N)c(=O)n(-c3ccc([N+](=O)[O-])cc3)n2C)cc1. The molecule has 0 fully saturated rings. The summed E-state index contributed by atoms with van der Waals surface area (Å²) in [4.78, 5) is 22.9. The van der Waals surface area contributed by atoms with Crippen LogP contribution in [0.5, 0.6) is 5.75 Å². The van der Waals surface area contributed by atoms with E-state index in [1.165, 1.54) is 28.9 Å². The van der Waals surface area contributed by atoms with E-state index in [1.54, 1.807) is 31.0 Å². The van der Waals surface area contributed by atoms with Gasteiger partial charge in [-0.1, -0.05) is 0 Å². The first-order chi connectivity index (χ1) is 11.9. The quantitative estimate of drug-likeness (QED) is 0.580. The molecule has 0 saturated heterocycles. The molecule has 0 spiro atoms. The third-order valence-corrected chi connectivity index (χ3v) is 3.97. The van der Waals surface area contributed by atoms with Crippen molar-refractivity contribution in [3.8, 4) is 22.7 Å². The Bertz CT molecular complexity index is 985. The fourth-order valence-electron chi connectivity index (χ4n) is 2.72. The first-order valence-corrected chi connectivity index (χ1v) is 7.40. The predicted octanol–water partition coefficient (Wildman–Crippen LogP) is 2.34. The van der Waals surface area contributed by atoms with Gasteiger partial charge in [0.1, 0.15) is 11.4 Å². The van der Waals surface area contributed by atoms with Crippen LogP contribution >= 0.6 is 0 Å². The zero-order valence-electron chi connectivity index (χ0n) is 13.7. The number of nitrogen functional groups attached to an aromatic ring is 1. The van der Waals surface area contributed by atoms with Crippen LogP contribution < -0.4 is 16.0 Å². The van der Waals surface area contributed by atoms with Gasteiger partial charge in [0.05, 0.1) is 23.4 Å². The zero-order valence-corrected chi connectivity index (χ0v) is 13.7.